The second-order valence-electron chi connectivity index (χ2n) is 7.11. The summed E-state index contributed by atoms with van der Waals surface area (Å²) >= 11 is 0. The van der Waals surface area contributed by atoms with Gasteiger partial charge in [0.05, 0.1) is 18.7 Å². The van der Waals surface area contributed by atoms with Crippen LogP contribution in [0.15, 0.2) is 67.0 Å². The molecular weight excluding hydrogens is 364 g/mol. The van der Waals surface area contributed by atoms with Crippen LogP contribution >= 0.6 is 0 Å². The van der Waals surface area contributed by atoms with Crippen LogP contribution in [0.1, 0.15) is 12.8 Å². The number of ether oxygens (including phenoxy) is 1. The smallest absolute Gasteiger partial charge is 0.229 e. The molecule has 0 aliphatic carbocycles. The number of benzene rings is 2. The molecule has 6 nitrogen and oxygen atoms in total. The van der Waals surface area contributed by atoms with Crippen LogP contribution in [0.3, 0.4) is 0 Å². The molecule has 6 heteroatoms. The van der Waals surface area contributed by atoms with Crippen LogP contribution in [0.5, 0.6) is 5.75 Å². The summed E-state index contributed by atoms with van der Waals surface area (Å²) in [6.45, 7) is 1.45. The quantitative estimate of drug-likeness (QED) is 0.715. The van der Waals surface area contributed by atoms with Gasteiger partial charge in [-0.25, -0.2) is 9.97 Å². The third-order valence-electron chi connectivity index (χ3n) is 5.19. The highest BCUT2D eigenvalue weighted by Gasteiger charge is 2.27. The first-order valence-electron chi connectivity index (χ1n) is 9.81. The molecule has 1 N–H and O–H groups in total. The summed E-state index contributed by atoms with van der Waals surface area (Å²) in [7, 11) is 1.60. The number of piperidine rings is 1. The number of hydrogen-bond acceptors (Lipinski definition) is 5. The van der Waals surface area contributed by atoms with E-state index in [1.807, 2.05) is 67.0 Å². The highest BCUT2D eigenvalue weighted by Crippen LogP contribution is 2.27. The molecule has 1 aliphatic rings. The van der Waals surface area contributed by atoms with Crippen molar-refractivity contribution in [1.29, 1.82) is 0 Å². The molecule has 1 aromatic heterocycles. The molecule has 2 heterocycles. The average molecular weight is 388 g/mol. The number of amides is 1. The highest BCUT2D eigenvalue weighted by molar-refractivity contribution is 5.94. The molecule has 0 bridgehead atoms. The Morgan fingerprint density at radius 3 is 2.52 bits per heavy atom. The molecular formula is C23H24N4O2. The van der Waals surface area contributed by atoms with Gasteiger partial charge < -0.3 is 15.0 Å². The number of carbonyl (C=O) groups is 1. The maximum atomic E-state index is 12.8. The van der Waals surface area contributed by atoms with Crippen LogP contribution < -0.4 is 15.0 Å². The van der Waals surface area contributed by atoms with Crippen LogP contribution in [0.2, 0.25) is 0 Å². The molecule has 29 heavy (non-hydrogen) atoms. The molecule has 1 fully saturated rings. The highest BCUT2D eigenvalue weighted by atomic mass is 16.5. The van der Waals surface area contributed by atoms with E-state index in [-0.39, 0.29) is 11.8 Å². The number of nitrogens with one attached hydrogen (secondary N) is 1. The fraction of sp³-hybridized carbons (Fsp3) is 0.261. The lowest BCUT2D eigenvalue weighted by molar-refractivity contribution is -0.120. The zero-order chi connectivity index (χ0) is 20.1. The average Bonchev–Trinajstić information content (AvgIpc) is 2.80. The van der Waals surface area contributed by atoms with Crippen molar-refractivity contribution in [2.24, 2.45) is 5.92 Å². The van der Waals surface area contributed by atoms with E-state index in [9.17, 15) is 4.79 Å². The van der Waals surface area contributed by atoms with Crippen LogP contribution in [0.25, 0.3) is 11.1 Å². The minimum absolute atomic E-state index is 0.0000979. The van der Waals surface area contributed by atoms with Crippen molar-refractivity contribution in [3.05, 3.63) is 67.0 Å². The van der Waals surface area contributed by atoms with E-state index < -0.39 is 0 Å². The van der Waals surface area contributed by atoms with Crippen molar-refractivity contribution in [2.75, 3.05) is 30.4 Å². The first-order chi connectivity index (χ1) is 14.2. The fourth-order valence-corrected chi connectivity index (χ4v) is 3.62. The second-order valence-corrected chi connectivity index (χ2v) is 7.11. The van der Waals surface area contributed by atoms with Crippen molar-refractivity contribution in [2.45, 2.75) is 12.8 Å². The van der Waals surface area contributed by atoms with Crippen molar-refractivity contribution in [3.8, 4) is 16.9 Å². The second kappa shape index (κ2) is 8.73. The molecule has 2 aromatic carbocycles. The van der Waals surface area contributed by atoms with Gasteiger partial charge in [-0.2, -0.15) is 0 Å². The minimum atomic E-state index is -0.119. The number of carbonyl (C=O) groups excluding carboxylic acids is 1. The number of hydrogen-bond donors (Lipinski definition) is 1. The SMILES string of the molecule is COc1ccccc1NC(=O)C1CCCN(c2ncc(-c3ccccc3)cn2)C1. The predicted molar refractivity (Wildman–Crippen MR) is 114 cm³/mol. The minimum Gasteiger partial charge on any atom is -0.495 e. The number of methoxy groups -OCH3 is 1. The first kappa shape index (κ1) is 18.9. The lowest BCUT2D eigenvalue weighted by atomic mass is 9.97. The fourth-order valence-electron chi connectivity index (χ4n) is 3.62. The van der Waals surface area contributed by atoms with Crippen molar-refractivity contribution >= 4 is 17.5 Å². The molecule has 148 valence electrons. The molecule has 4 rings (SSSR count). The summed E-state index contributed by atoms with van der Waals surface area (Å²) < 4.78 is 5.33. The van der Waals surface area contributed by atoms with E-state index in [4.69, 9.17) is 4.74 Å². The van der Waals surface area contributed by atoms with Crippen LogP contribution in [0.4, 0.5) is 11.6 Å². The maximum absolute atomic E-state index is 12.8. The topological polar surface area (TPSA) is 67.3 Å². The summed E-state index contributed by atoms with van der Waals surface area (Å²) in [6, 6.07) is 17.5. The third kappa shape index (κ3) is 4.37. The number of anilines is 2. The largest absolute Gasteiger partial charge is 0.495 e. The summed E-state index contributed by atoms with van der Waals surface area (Å²) in [6.07, 6.45) is 5.46. The van der Waals surface area contributed by atoms with Crippen molar-refractivity contribution < 1.29 is 9.53 Å². The Morgan fingerprint density at radius 2 is 1.76 bits per heavy atom. The summed E-state index contributed by atoms with van der Waals surface area (Å²) in [5.74, 6) is 1.21. The van der Waals surface area contributed by atoms with Gasteiger partial charge in [-0.05, 0) is 30.5 Å². The van der Waals surface area contributed by atoms with Gasteiger partial charge in [0, 0.05) is 31.0 Å². The predicted octanol–water partition coefficient (Wildman–Crippen LogP) is 4.01. The summed E-state index contributed by atoms with van der Waals surface area (Å²) in [5, 5.41) is 3.00. The van der Waals surface area contributed by atoms with Crippen molar-refractivity contribution in [1.82, 2.24) is 9.97 Å². The zero-order valence-corrected chi connectivity index (χ0v) is 16.4. The maximum Gasteiger partial charge on any atom is 0.229 e. The van der Waals surface area contributed by atoms with E-state index in [0.29, 0.717) is 23.9 Å². The van der Waals surface area contributed by atoms with Gasteiger partial charge in [0.15, 0.2) is 0 Å². The number of rotatable bonds is 5. The molecule has 3 aromatic rings. The van der Waals surface area contributed by atoms with E-state index in [1.165, 1.54) is 0 Å². The van der Waals surface area contributed by atoms with Gasteiger partial charge in [0.25, 0.3) is 0 Å². The Kier molecular flexibility index (Phi) is 5.70. The Morgan fingerprint density at radius 1 is 1.03 bits per heavy atom. The summed E-state index contributed by atoms with van der Waals surface area (Å²) in [5.41, 5.74) is 2.77. The molecule has 0 saturated carbocycles. The summed E-state index contributed by atoms with van der Waals surface area (Å²) in [4.78, 5) is 24.0. The van der Waals surface area contributed by atoms with Crippen LogP contribution in [-0.4, -0.2) is 36.1 Å². The Labute approximate surface area is 170 Å². The first-order valence-corrected chi connectivity index (χ1v) is 9.81. The number of aromatic nitrogens is 2. The number of nitrogens with zero attached hydrogens (tertiary/aromatic N) is 3. The van der Waals surface area contributed by atoms with Gasteiger partial charge in [-0.15, -0.1) is 0 Å². The van der Waals surface area contributed by atoms with Gasteiger partial charge >= 0.3 is 0 Å². The molecule has 0 radical (unpaired) electrons. The lowest BCUT2D eigenvalue weighted by Gasteiger charge is -2.32. The van der Waals surface area contributed by atoms with Crippen LogP contribution in [-0.2, 0) is 4.79 Å². The number of para-hydroxylation sites is 2. The Hall–Kier alpha value is -3.41. The lowest BCUT2D eigenvalue weighted by Crippen LogP contribution is -2.41. The van der Waals surface area contributed by atoms with Gasteiger partial charge in [0.2, 0.25) is 11.9 Å². The van der Waals surface area contributed by atoms with Gasteiger partial charge in [-0.3, -0.25) is 4.79 Å². The van der Waals surface area contributed by atoms with E-state index in [2.05, 4.69) is 20.2 Å². The molecule has 0 spiro atoms. The standard InChI is InChI=1S/C23H24N4O2/c1-29-21-12-6-5-11-20(21)26-22(28)18-10-7-13-27(16-18)23-24-14-19(15-25-23)17-8-3-2-4-9-17/h2-6,8-9,11-12,14-15,18H,7,10,13,16H2,1H3,(H,26,28). The molecule has 1 saturated heterocycles. The third-order valence-corrected chi connectivity index (χ3v) is 5.19. The molecule has 1 unspecified atom stereocenters. The van der Waals surface area contributed by atoms with E-state index in [0.717, 1.165) is 30.5 Å². The molecule has 1 amide bonds. The molecule has 1 atom stereocenters. The van der Waals surface area contributed by atoms with Gasteiger partial charge in [0.1, 0.15) is 5.75 Å². The van der Waals surface area contributed by atoms with Crippen molar-refractivity contribution in [3.63, 3.8) is 0 Å². The van der Waals surface area contributed by atoms with E-state index in [1.54, 1.807) is 7.11 Å². The van der Waals surface area contributed by atoms with Crippen LogP contribution in [0, 0.1) is 5.92 Å². The normalized spacial score (nSPS) is 16.3. The Balaban J connectivity index is 1.43. The van der Waals surface area contributed by atoms with Gasteiger partial charge in [-0.1, -0.05) is 42.5 Å². The monoisotopic (exact) mass is 388 g/mol. The molecule has 1 aliphatic heterocycles. The zero-order valence-electron chi connectivity index (χ0n) is 16.4. The Bertz CT molecular complexity index is 960. The van der Waals surface area contributed by atoms with E-state index >= 15 is 0 Å².